The quantitative estimate of drug-likeness (QED) is 0.104. The number of carbonyl (C=O) groups excluding carboxylic acids is 3. The molecule has 4 unspecified atom stereocenters. The van der Waals surface area contributed by atoms with Crippen LogP contribution < -0.4 is 16.0 Å². The van der Waals surface area contributed by atoms with Gasteiger partial charge in [0, 0.05) is 32.7 Å². The second kappa shape index (κ2) is 11.3. The second-order valence-electron chi connectivity index (χ2n) is 9.30. The summed E-state index contributed by atoms with van der Waals surface area (Å²) in [5.41, 5.74) is -0.517. The topological polar surface area (TPSA) is 112 Å². The summed E-state index contributed by atoms with van der Waals surface area (Å²) in [7, 11) is 0. The Balaban J connectivity index is 0.00000363. The third kappa shape index (κ3) is 6.35. The summed E-state index contributed by atoms with van der Waals surface area (Å²) in [6.45, 7) is 9.91. The maximum atomic E-state index is 12.7. The summed E-state index contributed by atoms with van der Waals surface area (Å²) in [6.07, 6.45) is 5.38. The number of hydrogen-bond donors (Lipinski definition) is 3. The number of rotatable bonds is 8. The van der Waals surface area contributed by atoms with E-state index in [9.17, 15) is 14.4 Å². The number of hydrogen-bond acceptors (Lipinski definition) is 5. The van der Waals surface area contributed by atoms with Gasteiger partial charge in [0.15, 0.2) is 5.96 Å². The Hall–Kier alpha value is -1.85. The Morgan fingerprint density at radius 3 is 2.28 bits per heavy atom. The molecule has 0 aromatic carbocycles. The van der Waals surface area contributed by atoms with E-state index in [1.165, 1.54) is 4.90 Å². The van der Waals surface area contributed by atoms with Gasteiger partial charge in [0.25, 0.3) is 0 Å². The van der Waals surface area contributed by atoms with Crippen LogP contribution in [0.4, 0.5) is 4.79 Å². The highest BCUT2D eigenvalue weighted by molar-refractivity contribution is 14.0. The van der Waals surface area contributed by atoms with Crippen LogP contribution in [0.15, 0.2) is 17.1 Å². The fourth-order valence-electron chi connectivity index (χ4n) is 4.59. The number of likely N-dealkylation sites (tertiary alicyclic amines) is 1. The number of ether oxygens (including phenoxy) is 1. The SMILES string of the molecule is CCNC(=NCCCNC(=O)OC(C)(C)C)NCCN1C(=O)C2C3C=CC(C3)C2C1=O.I. The van der Waals surface area contributed by atoms with Gasteiger partial charge in [0.1, 0.15) is 5.60 Å². The minimum Gasteiger partial charge on any atom is -0.444 e. The number of nitrogens with one attached hydrogen (secondary N) is 3. The Kier molecular flexibility index (Phi) is 9.35. The van der Waals surface area contributed by atoms with Crippen molar-refractivity contribution in [3.8, 4) is 0 Å². The van der Waals surface area contributed by atoms with Crippen molar-refractivity contribution in [3.05, 3.63) is 12.2 Å². The number of guanidine groups is 1. The lowest BCUT2D eigenvalue weighted by Crippen LogP contribution is -2.43. The van der Waals surface area contributed by atoms with E-state index in [0.29, 0.717) is 45.1 Å². The van der Waals surface area contributed by atoms with Gasteiger partial charge in [-0.05, 0) is 52.4 Å². The first kappa shape index (κ1) is 26.4. The lowest BCUT2D eigenvalue weighted by molar-refractivity contribution is -0.140. The van der Waals surface area contributed by atoms with Crippen molar-refractivity contribution in [1.29, 1.82) is 0 Å². The van der Waals surface area contributed by atoms with E-state index >= 15 is 0 Å². The maximum Gasteiger partial charge on any atom is 0.407 e. The highest BCUT2D eigenvalue weighted by Gasteiger charge is 2.58. The van der Waals surface area contributed by atoms with Crippen molar-refractivity contribution in [3.63, 3.8) is 0 Å². The summed E-state index contributed by atoms with van der Waals surface area (Å²) in [5.74, 6) is 0.743. The van der Waals surface area contributed by atoms with Crippen molar-refractivity contribution < 1.29 is 19.1 Å². The largest absolute Gasteiger partial charge is 0.444 e. The van der Waals surface area contributed by atoms with Crippen molar-refractivity contribution in [1.82, 2.24) is 20.9 Å². The molecule has 10 heteroatoms. The van der Waals surface area contributed by atoms with E-state index in [1.807, 2.05) is 27.7 Å². The molecular formula is C22H36IN5O4. The molecule has 0 spiro atoms. The Morgan fingerprint density at radius 2 is 1.72 bits per heavy atom. The molecule has 2 aliphatic carbocycles. The molecule has 0 aromatic heterocycles. The molecule has 3 rings (SSSR count). The number of fused-ring (bicyclic) bond motifs is 5. The van der Waals surface area contributed by atoms with Gasteiger partial charge in [0.05, 0.1) is 11.8 Å². The molecule has 2 bridgehead atoms. The first-order valence-corrected chi connectivity index (χ1v) is 11.2. The number of amides is 3. The van der Waals surface area contributed by atoms with Crippen LogP contribution in [0.3, 0.4) is 0 Å². The van der Waals surface area contributed by atoms with E-state index < -0.39 is 11.7 Å². The molecule has 32 heavy (non-hydrogen) atoms. The molecule has 1 saturated heterocycles. The van der Waals surface area contributed by atoms with Crippen LogP contribution in [0.1, 0.15) is 40.5 Å². The summed E-state index contributed by atoms with van der Waals surface area (Å²) < 4.78 is 5.19. The molecule has 0 aromatic rings. The molecule has 180 valence electrons. The molecule has 3 aliphatic rings. The van der Waals surface area contributed by atoms with Crippen molar-refractivity contribution >= 4 is 47.8 Å². The van der Waals surface area contributed by atoms with Gasteiger partial charge in [-0.2, -0.15) is 0 Å². The van der Waals surface area contributed by atoms with E-state index in [4.69, 9.17) is 4.74 Å². The zero-order valence-electron chi connectivity index (χ0n) is 19.3. The number of imide groups is 1. The molecule has 3 amide bonds. The summed E-state index contributed by atoms with van der Waals surface area (Å²) in [4.78, 5) is 43.0. The van der Waals surface area contributed by atoms with E-state index in [0.717, 1.165) is 6.42 Å². The lowest BCUT2D eigenvalue weighted by atomic mass is 9.85. The van der Waals surface area contributed by atoms with Crippen LogP contribution >= 0.6 is 24.0 Å². The van der Waals surface area contributed by atoms with Gasteiger partial charge < -0.3 is 20.7 Å². The molecule has 9 nitrogen and oxygen atoms in total. The average Bonchev–Trinajstić information content (AvgIpc) is 3.35. The minimum absolute atomic E-state index is 0. The Labute approximate surface area is 207 Å². The Bertz CT molecular complexity index is 734. The van der Waals surface area contributed by atoms with Crippen molar-refractivity contribution in [2.45, 2.75) is 46.1 Å². The normalized spacial score (nSPS) is 26.1. The van der Waals surface area contributed by atoms with E-state index in [1.54, 1.807) is 0 Å². The summed E-state index contributed by atoms with van der Waals surface area (Å²) in [5, 5.41) is 9.05. The van der Waals surface area contributed by atoms with Gasteiger partial charge in [-0.15, -0.1) is 24.0 Å². The maximum absolute atomic E-state index is 12.7. The first-order chi connectivity index (χ1) is 14.7. The molecular weight excluding hydrogens is 525 g/mol. The summed E-state index contributed by atoms with van der Waals surface area (Å²) >= 11 is 0. The molecule has 4 atom stereocenters. The zero-order chi connectivity index (χ0) is 22.6. The van der Waals surface area contributed by atoms with Crippen LogP contribution in [-0.4, -0.2) is 67.1 Å². The third-order valence-corrected chi connectivity index (χ3v) is 5.81. The predicted molar refractivity (Wildman–Crippen MR) is 133 cm³/mol. The molecule has 3 N–H and O–H groups in total. The number of carbonyl (C=O) groups is 3. The monoisotopic (exact) mass is 561 g/mol. The van der Waals surface area contributed by atoms with Gasteiger partial charge in [0.2, 0.25) is 11.8 Å². The van der Waals surface area contributed by atoms with Gasteiger partial charge in [-0.1, -0.05) is 12.2 Å². The molecule has 2 fully saturated rings. The van der Waals surface area contributed by atoms with Crippen LogP contribution in [-0.2, 0) is 14.3 Å². The van der Waals surface area contributed by atoms with Crippen molar-refractivity contribution in [2.75, 3.05) is 32.7 Å². The number of halogens is 1. The molecule has 1 aliphatic heterocycles. The number of nitrogens with zero attached hydrogens (tertiary/aromatic N) is 2. The van der Waals surface area contributed by atoms with Gasteiger partial charge in [-0.25, -0.2) is 4.79 Å². The van der Waals surface area contributed by atoms with Crippen LogP contribution in [0, 0.1) is 23.7 Å². The first-order valence-electron chi connectivity index (χ1n) is 11.2. The third-order valence-electron chi connectivity index (χ3n) is 5.81. The van der Waals surface area contributed by atoms with Crippen LogP contribution in [0.5, 0.6) is 0 Å². The Morgan fingerprint density at radius 1 is 1.09 bits per heavy atom. The smallest absolute Gasteiger partial charge is 0.407 e. The van der Waals surface area contributed by atoms with E-state index in [-0.39, 0.29) is 59.5 Å². The number of alkyl carbamates (subject to hydrolysis) is 1. The molecule has 1 heterocycles. The van der Waals surface area contributed by atoms with Crippen LogP contribution in [0.25, 0.3) is 0 Å². The summed E-state index contributed by atoms with van der Waals surface area (Å²) in [6, 6.07) is 0. The fraction of sp³-hybridized carbons (Fsp3) is 0.727. The highest BCUT2D eigenvalue weighted by atomic mass is 127. The fourth-order valence-corrected chi connectivity index (χ4v) is 4.59. The standard InChI is InChI=1S/C22H35N5O4.HI/c1-5-23-20(24-9-6-10-26-21(30)31-22(2,3)4)25-11-12-27-18(28)16-14-7-8-15(13-14)17(16)19(27)29;/h7-8,14-17H,5-6,9-13H2,1-4H3,(H,26,30)(H2,23,24,25);1H. The lowest BCUT2D eigenvalue weighted by Gasteiger charge is -2.19. The number of allylic oxidation sites excluding steroid dienone is 2. The average molecular weight is 561 g/mol. The van der Waals surface area contributed by atoms with Gasteiger partial charge >= 0.3 is 6.09 Å². The highest BCUT2D eigenvalue weighted by Crippen LogP contribution is 2.52. The predicted octanol–water partition coefficient (Wildman–Crippen LogP) is 1.88. The number of aliphatic imine (C=N–C) groups is 1. The van der Waals surface area contributed by atoms with Crippen LogP contribution in [0.2, 0.25) is 0 Å². The minimum atomic E-state index is -0.517. The second-order valence-corrected chi connectivity index (χ2v) is 9.30. The van der Waals surface area contributed by atoms with Crippen molar-refractivity contribution in [2.24, 2.45) is 28.7 Å². The van der Waals surface area contributed by atoms with E-state index in [2.05, 4.69) is 33.1 Å². The molecule has 0 radical (unpaired) electrons. The molecule has 1 saturated carbocycles. The zero-order valence-corrected chi connectivity index (χ0v) is 21.7. The van der Waals surface area contributed by atoms with Gasteiger partial charge in [-0.3, -0.25) is 19.5 Å².